The lowest BCUT2D eigenvalue weighted by molar-refractivity contribution is -0.122. The summed E-state index contributed by atoms with van der Waals surface area (Å²) in [6, 6.07) is 24.7. The number of anilines is 1. The quantitative estimate of drug-likeness (QED) is 0.397. The zero-order valence-corrected chi connectivity index (χ0v) is 20.7. The third-order valence-corrected chi connectivity index (χ3v) is 8.66. The second-order valence-corrected chi connectivity index (χ2v) is 10.2. The van der Waals surface area contributed by atoms with Gasteiger partial charge >= 0.3 is 0 Å². The topological polar surface area (TPSA) is 47.6 Å². The lowest BCUT2D eigenvalue weighted by Crippen LogP contribution is -2.42. The molecule has 3 aromatic carbocycles. The van der Waals surface area contributed by atoms with Crippen LogP contribution in [-0.2, 0) is 10.2 Å². The molecule has 2 saturated carbocycles. The van der Waals surface area contributed by atoms with E-state index in [2.05, 4.69) is 35.6 Å². The van der Waals surface area contributed by atoms with Crippen molar-refractivity contribution < 1.29 is 14.3 Å². The fourth-order valence-corrected chi connectivity index (χ4v) is 6.90. The minimum Gasteiger partial charge on any atom is -0.497 e. The van der Waals surface area contributed by atoms with Crippen molar-refractivity contribution in [2.24, 2.45) is 11.8 Å². The van der Waals surface area contributed by atoms with Crippen LogP contribution in [0.25, 0.3) is 0 Å². The summed E-state index contributed by atoms with van der Waals surface area (Å²) in [6.07, 6.45) is 5.23. The summed E-state index contributed by atoms with van der Waals surface area (Å²) in [5.41, 5.74) is 3.17. The number of thioether (sulfide) groups is 1. The minimum atomic E-state index is -0.181. The van der Waals surface area contributed by atoms with Crippen LogP contribution in [0, 0.1) is 11.8 Å². The van der Waals surface area contributed by atoms with Gasteiger partial charge < -0.3 is 14.8 Å². The van der Waals surface area contributed by atoms with Crippen LogP contribution >= 0.6 is 11.8 Å². The Kier molecular flexibility index (Phi) is 6.30. The number of hydrogen-bond acceptors (Lipinski definition) is 4. The maximum atomic E-state index is 14.1. The van der Waals surface area contributed by atoms with Crippen molar-refractivity contribution in [2.45, 2.75) is 35.5 Å². The summed E-state index contributed by atoms with van der Waals surface area (Å²) >= 11 is 1.65. The summed E-state index contributed by atoms with van der Waals surface area (Å²) < 4.78 is 10.8. The van der Waals surface area contributed by atoms with Crippen LogP contribution in [-0.4, -0.2) is 26.4 Å². The van der Waals surface area contributed by atoms with E-state index in [1.165, 1.54) is 11.1 Å². The van der Waals surface area contributed by atoms with Gasteiger partial charge in [0.05, 0.1) is 25.8 Å². The van der Waals surface area contributed by atoms with Gasteiger partial charge in [-0.05, 0) is 84.9 Å². The minimum absolute atomic E-state index is 0.111. The van der Waals surface area contributed by atoms with Gasteiger partial charge in [0.2, 0.25) is 5.91 Å². The summed E-state index contributed by atoms with van der Waals surface area (Å²) in [5.74, 6) is 2.29. The highest BCUT2D eigenvalue weighted by atomic mass is 32.2. The van der Waals surface area contributed by atoms with E-state index in [1.54, 1.807) is 26.0 Å². The first-order chi connectivity index (χ1) is 16.6. The number of hydrogen-bond donors (Lipinski definition) is 1. The number of rotatable bonds is 7. The van der Waals surface area contributed by atoms with Crippen LogP contribution in [0.1, 0.15) is 36.3 Å². The molecular formula is C29H31NO3S. The molecule has 2 bridgehead atoms. The first-order valence-electron chi connectivity index (χ1n) is 11.8. The summed E-state index contributed by atoms with van der Waals surface area (Å²) in [4.78, 5) is 15.2. The SMILES string of the molecule is COc1ccc([C@@H]2[C@@H]3CC[C@@](c4ccc(OC)cc4)(C3)[C@@H]2C(=O)Nc2ccccc2SC)cc1. The molecular weight excluding hydrogens is 442 g/mol. The maximum absolute atomic E-state index is 14.1. The van der Waals surface area contributed by atoms with Gasteiger partial charge in [0.25, 0.3) is 0 Å². The molecule has 2 fully saturated rings. The van der Waals surface area contributed by atoms with Gasteiger partial charge in [-0.2, -0.15) is 0 Å². The highest BCUT2D eigenvalue weighted by Gasteiger charge is 2.61. The standard InChI is InChI=1S/C29H31NO3S/c1-32-22-12-8-19(9-13-22)26-20-16-17-29(18-20,21-10-14-23(33-2)15-11-21)27(26)28(31)30-24-6-4-5-7-25(24)34-3/h4-15,20,26-27H,16-18H2,1-3H3,(H,30,31)/t20-,26-,27+,29+/m1/s1. The van der Waals surface area contributed by atoms with Crippen molar-refractivity contribution in [3.8, 4) is 11.5 Å². The number of ether oxygens (including phenoxy) is 2. The lowest BCUT2D eigenvalue weighted by atomic mass is 9.64. The van der Waals surface area contributed by atoms with E-state index in [9.17, 15) is 4.79 Å². The Bertz CT molecular complexity index is 1160. The lowest BCUT2D eigenvalue weighted by Gasteiger charge is -2.39. The Morgan fingerprint density at radius 1 is 0.941 bits per heavy atom. The van der Waals surface area contributed by atoms with E-state index >= 15 is 0 Å². The zero-order valence-electron chi connectivity index (χ0n) is 19.9. The molecule has 0 spiro atoms. The van der Waals surface area contributed by atoms with Gasteiger partial charge in [0.1, 0.15) is 11.5 Å². The molecule has 4 atom stereocenters. The molecule has 3 aromatic rings. The first kappa shape index (κ1) is 22.9. The van der Waals surface area contributed by atoms with Crippen LogP contribution in [0.5, 0.6) is 11.5 Å². The number of nitrogens with one attached hydrogen (secondary N) is 1. The van der Waals surface area contributed by atoms with E-state index in [0.29, 0.717) is 5.92 Å². The number of benzene rings is 3. The molecule has 1 N–H and O–H groups in total. The van der Waals surface area contributed by atoms with Crippen molar-refractivity contribution in [3.05, 3.63) is 83.9 Å². The second kappa shape index (κ2) is 9.38. The molecule has 0 radical (unpaired) electrons. The van der Waals surface area contributed by atoms with E-state index in [4.69, 9.17) is 9.47 Å². The van der Waals surface area contributed by atoms with Crippen molar-refractivity contribution in [3.63, 3.8) is 0 Å². The number of carbonyl (C=O) groups excluding carboxylic acids is 1. The Labute approximate surface area is 206 Å². The Morgan fingerprint density at radius 3 is 2.24 bits per heavy atom. The molecule has 176 valence electrons. The van der Waals surface area contributed by atoms with Crippen molar-refractivity contribution in [2.75, 3.05) is 25.8 Å². The molecule has 2 aliphatic rings. The highest BCUT2D eigenvalue weighted by molar-refractivity contribution is 7.98. The van der Waals surface area contributed by atoms with E-state index in [0.717, 1.165) is 41.3 Å². The average Bonchev–Trinajstić information content (AvgIpc) is 3.47. The number of carbonyl (C=O) groups is 1. The van der Waals surface area contributed by atoms with Crippen molar-refractivity contribution in [1.82, 2.24) is 0 Å². The largest absolute Gasteiger partial charge is 0.497 e. The number of amides is 1. The summed E-state index contributed by atoms with van der Waals surface area (Å²) in [7, 11) is 3.37. The maximum Gasteiger partial charge on any atom is 0.229 e. The highest BCUT2D eigenvalue weighted by Crippen LogP contribution is 2.65. The molecule has 1 amide bonds. The third kappa shape index (κ3) is 3.86. The van der Waals surface area contributed by atoms with Crippen LogP contribution in [0.2, 0.25) is 0 Å². The predicted octanol–water partition coefficient (Wildman–Crippen LogP) is 6.52. The van der Waals surface area contributed by atoms with E-state index in [1.807, 2.05) is 48.7 Å². The van der Waals surface area contributed by atoms with Gasteiger partial charge in [-0.1, -0.05) is 36.4 Å². The molecule has 2 aliphatic carbocycles. The molecule has 5 heteroatoms. The van der Waals surface area contributed by atoms with Crippen LogP contribution in [0.4, 0.5) is 5.69 Å². The van der Waals surface area contributed by atoms with Crippen molar-refractivity contribution in [1.29, 1.82) is 0 Å². The summed E-state index contributed by atoms with van der Waals surface area (Å²) in [6.45, 7) is 0. The Balaban J connectivity index is 1.57. The normalized spacial score (nSPS) is 25.2. The van der Waals surface area contributed by atoms with Gasteiger partial charge in [-0.3, -0.25) is 4.79 Å². The summed E-state index contributed by atoms with van der Waals surface area (Å²) in [5, 5.41) is 3.32. The van der Waals surface area contributed by atoms with Crippen LogP contribution in [0.3, 0.4) is 0 Å². The molecule has 34 heavy (non-hydrogen) atoms. The molecule has 4 nitrogen and oxygen atoms in total. The molecule has 0 unspecified atom stereocenters. The van der Waals surface area contributed by atoms with E-state index < -0.39 is 0 Å². The van der Waals surface area contributed by atoms with Gasteiger partial charge in [-0.15, -0.1) is 11.8 Å². The fraction of sp³-hybridized carbons (Fsp3) is 0.345. The van der Waals surface area contributed by atoms with E-state index in [-0.39, 0.29) is 23.2 Å². The third-order valence-electron chi connectivity index (χ3n) is 7.86. The second-order valence-electron chi connectivity index (χ2n) is 9.35. The van der Waals surface area contributed by atoms with Gasteiger partial charge in [0.15, 0.2) is 0 Å². The Hall–Kier alpha value is -2.92. The number of methoxy groups -OCH3 is 2. The smallest absolute Gasteiger partial charge is 0.229 e. The molecule has 0 aromatic heterocycles. The molecule has 0 heterocycles. The van der Waals surface area contributed by atoms with Crippen LogP contribution < -0.4 is 14.8 Å². The molecule has 5 rings (SSSR count). The fourth-order valence-electron chi connectivity index (χ4n) is 6.35. The monoisotopic (exact) mass is 473 g/mol. The zero-order chi connectivity index (χ0) is 23.7. The van der Waals surface area contributed by atoms with Crippen LogP contribution in [0.15, 0.2) is 77.7 Å². The average molecular weight is 474 g/mol. The molecule has 0 saturated heterocycles. The Morgan fingerprint density at radius 2 is 1.59 bits per heavy atom. The first-order valence-corrected chi connectivity index (χ1v) is 13.0. The molecule has 0 aliphatic heterocycles. The number of fused-ring (bicyclic) bond motifs is 2. The van der Waals surface area contributed by atoms with Gasteiger partial charge in [-0.25, -0.2) is 0 Å². The van der Waals surface area contributed by atoms with Gasteiger partial charge in [0, 0.05) is 10.3 Å². The predicted molar refractivity (Wildman–Crippen MR) is 138 cm³/mol. The van der Waals surface area contributed by atoms with Crippen molar-refractivity contribution >= 4 is 23.4 Å². The number of para-hydroxylation sites is 1.